The van der Waals surface area contributed by atoms with E-state index in [1.807, 2.05) is 6.07 Å². The molecule has 0 spiro atoms. The number of rotatable bonds is 10. The van der Waals surface area contributed by atoms with Crippen LogP contribution in [0.25, 0.3) is 0 Å². The summed E-state index contributed by atoms with van der Waals surface area (Å²) >= 11 is 0. The predicted molar refractivity (Wildman–Crippen MR) is 129 cm³/mol. The monoisotopic (exact) mass is 529 g/mol. The van der Waals surface area contributed by atoms with Gasteiger partial charge in [0.15, 0.2) is 0 Å². The molecule has 202 valence electrons. The Morgan fingerprint density at radius 1 is 1.21 bits per heavy atom. The molecule has 2 aliphatic rings. The lowest BCUT2D eigenvalue weighted by Crippen LogP contribution is -2.58. The third-order valence-corrected chi connectivity index (χ3v) is 6.69. The molecule has 3 atom stereocenters. The third kappa shape index (κ3) is 5.30. The number of carbonyl (C=O) groups excluding carboxylic acids is 3. The Kier molecular flexibility index (Phi) is 7.62. The van der Waals surface area contributed by atoms with Crippen molar-refractivity contribution in [2.75, 3.05) is 18.6 Å². The molecule has 2 heterocycles. The molecule has 13 heteroatoms. The number of nitro groups is 1. The van der Waals surface area contributed by atoms with E-state index in [0.29, 0.717) is 0 Å². The Balaban J connectivity index is 1.38. The zero-order chi connectivity index (χ0) is 27.5. The second-order valence-corrected chi connectivity index (χ2v) is 9.12. The molecule has 0 radical (unpaired) electrons. The normalized spacial score (nSPS) is 21.6. The number of esters is 1. The van der Waals surface area contributed by atoms with E-state index in [2.05, 4.69) is 10.2 Å². The minimum atomic E-state index is -2.69. The Labute approximate surface area is 217 Å². The van der Waals surface area contributed by atoms with Gasteiger partial charge < -0.3 is 24.6 Å². The van der Waals surface area contributed by atoms with E-state index in [1.165, 1.54) is 36.1 Å². The standard InChI is InChI=1S/C25H27N3O10/c1-16(22(30)36-15-17-7-3-2-4-8-17)21(29)27-13-11-18(12-14-27)24(32,25(33)23(31)37-25)38-26-19-9-5-6-10-20(19)28(34)35/h2-10,16,18,26,32-33H,11-15H2,1H3/t16-,24-,25+/m1/s1. The fraction of sp³-hybridized carbons (Fsp3) is 0.400. The molecule has 3 N–H and O–H groups in total. The van der Waals surface area contributed by atoms with Crippen molar-refractivity contribution >= 4 is 29.2 Å². The van der Waals surface area contributed by atoms with Crippen molar-refractivity contribution in [1.29, 1.82) is 0 Å². The van der Waals surface area contributed by atoms with Crippen LogP contribution in [-0.4, -0.2) is 62.5 Å². The van der Waals surface area contributed by atoms with E-state index in [9.17, 15) is 34.7 Å². The van der Waals surface area contributed by atoms with Crippen LogP contribution in [0.3, 0.4) is 0 Å². The van der Waals surface area contributed by atoms with Gasteiger partial charge in [0.25, 0.3) is 11.5 Å². The molecule has 1 amide bonds. The van der Waals surface area contributed by atoms with Crippen molar-refractivity contribution in [3.63, 3.8) is 0 Å². The number of cyclic esters (lactones) is 1. The summed E-state index contributed by atoms with van der Waals surface area (Å²) in [5.41, 5.74) is 2.57. The van der Waals surface area contributed by atoms with Gasteiger partial charge in [-0.3, -0.25) is 25.2 Å². The van der Waals surface area contributed by atoms with Crippen LogP contribution in [0.15, 0.2) is 54.6 Å². The highest BCUT2D eigenvalue weighted by Gasteiger charge is 2.76. The molecule has 4 rings (SSSR count). The molecule has 0 unspecified atom stereocenters. The number of hydrogen-bond donors (Lipinski definition) is 3. The zero-order valence-corrected chi connectivity index (χ0v) is 20.4. The number of nitrogens with zero attached hydrogens (tertiary/aromatic N) is 2. The van der Waals surface area contributed by atoms with Gasteiger partial charge in [0, 0.05) is 25.1 Å². The maximum Gasteiger partial charge on any atom is 0.389 e. The smallest absolute Gasteiger partial charge is 0.389 e. The third-order valence-electron chi connectivity index (χ3n) is 6.69. The highest BCUT2D eigenvalue weighted by atomic mass is 16.8. The fourth-order valence-corrected chi connectivity index (χ4v) is 4.33. The van der Waals surface area contributed by atoms with E-state index in [-0.39, 0.29) is 43.9 Å². The van der Waals surface area contributed by atoms with Crippen molar-refractivity contribution in [3.8, 4) is 0 Å². The molecule has 0 aromatic heterocycles. The van der Waals surface area contributed by atoms with Crippen molar-refractivity contribution in [1.82, 2.24) is 4.90 Å². The Bertz CT molecular complexity index is 1220. The SMILES string of the molecule is C[C@@H](C(=O)OCc1ccccc1)C(=O)N1CCC([C@@](O)(ONc2ccccc2[N+](=O)[O-])[C@@]2(O)OC2=O)CC1. The lowest BCUT2D eigenvalue weighted by molar-refractivity contribution is -0.384. The number of amides is 1. The molecule has 2 fully saturated rings. The lowest BCUT2D eigenvalue weighted by Gasteiger charge is -2.40. The summed E-state index contributed by atoms with van der Waals surface area (Å²) in [6.45, 7) is 1.61. The molecular weight excluding hydrogens is 502 g/mol. The van der Waals surface area contributed by atoms with Gasteiger partial charge in [-0.05, 0) is 31.4 Å². The summed E-state index contributed by atoms with van der Waals surface area (Å²) in [4.78, 5) is 54.5. The number of epoxide rings is 1. The van der Waals surface area contributed by atoms with E-state index in [4.69, 9.17) is 9.57 Å². The number of nitro benzene ring substituents is 1. The highest BCUT2D eigenvalue weighted by molar-refractivity contribution is 5.97. The first-order valence-electron chi connectivity index (χ1n) is 11.9. The number of nitrogens with one attached hydrogen (secondary N) is 1. The number of benzene rings is 2. The lowest BCUT2D eigenvalue weighted by atomic mass is 9.84. The van der Waals surface area contributed by atoms with E-state index in [0.717, 1.165) is 5.56 Å². The molecule has 0 aliphatic carbocycles. The quantitative estimate of drug-likeness (QED) is 0.101. The van der Waals surface area contributed by atoms with Gasteiger partial charge in [0.05, 0.1) is 4.92 Å². The first-order chi connectivity index (χ1) is 18.1. The van der Waals surface area contributed by atoms with Crippen LogP contribution in [0, 0.1) is 22.0 Å². The van der Waals surface area contributed by atoms with Crippen LogP contribution in [0.2, 0.25) is 0 Å². The average molecular weight is 530 g/mol. The number of aliphatic hydroxyl groups is 2. The van der Waals surface area contributed by atoms with Crippen molar-refractivity contribution in [3.05, 3.63) is 70.3 Å². The van der Waals surface area contributed by atoms with Crippen LogP contribution < -0.4 is 5.48 Å². The van der Waals surface area contributed by atoms with E-state index in [1.54, 1.807) is 24.3 Å². The molecule has 0 saturated carbocycles. The Hall–Kier alpha value is -4.07. The van der Waals surface area contributed by atoms with E-state index >= 15 is 0 Å². The summed E-state index contributed by atoms with van der Waals surface area (Å²) < 4.78 is 9.87. The number of para-hydroxylation sites is 2. The first-order valence-corrected chi connectivity index (χ1v) is 11.9. The molecule has 13 nitrogen and oxygen atoms in total. The molecule has 2 aromatic carbocycles. The van der Waals surface area contributed by atoms with Crippen molar-refractivity contribution < 1.29 is 43.8 Å². The summed E-state index contributed by atoms with van der Waals surface area (Å²) in [6, 6.07) is 14.5. The van der Waals surface area contributed by atoms with Gasteiger partial charge in [-0.25, -0.2) is 9.63 Å². The zero-order valence-electron chi connectivity index (χ0n) is 20.4. The van der Waals surface area contributed by atoms with Gasteiger partial charge in [-0.2, -0.15) is 0 Å². The second-order valence-electron chi connectivity index (χ2n) is 9.12. The van der Waals surface area contributed by atoms with Crippen LogP contribution >= 0.6 is 0 Å². The number of hydrogen-bond acceptors (Lipinski definition) is 11. The molecule has 0 bridgehead atoms. The van der Waals surface area contributed by atoms with E-state index < -0.39 is 46.2 Å². The second kappa shape index (κ2) is 10.7. The maximum atomic E-state index is 12.9. The molecule has 38 heavy (non-hydrogen) atoms. The van der Waals surface area contributed by atoms with Gasteiger partial charge in [0.2, 0.25) is 5.91 Å². The van der Waals surface area contributed by atoms with Crippen LogP contribution in [0.5, 0.6) is 0 Å². The first kappa shape index (κ1) is 27.0. The largest absolute Gasteiger partial charge is 0.460 e. The molecule has 2 aromatic rings. The molecular formula is C25H27N3O10. The number of piperidine rings is 1. The summed E-state index contributed by atoms with van der Waals surface area (Å²) in [5.74, 6) is -9.57. The predicted octanol–water partition coefficient (Wildman–Crippen LogP) is 1.49. The number of ether oxygens (including phenoxy) is 2. The molecule has 2 saturated heterocycles. The summed E-state index contributed by atoms with van der Waals surface area (Å²) in [7, 11) is 0. The maximum absolute atomic E-state index is 12.9. The number of likely N-dealkylation sites (tertiary alicyclic amines) is 1. The van der Waals surface area contributed by atoms with Gasteiger partial charge in [-0.15, -0.1) is 0 Å². The van der Waals surface area contributed by atoms with Crippen LogP contribution in [-0.2, 0) is 35.3 Å². The van der Waals surface area contributed by atoms with Crippen LogP contribution in [0.4, 0.5) is 11.4 Å². The van der Waals surface area contributed by atoms with Gasteiger partial charge >= 0.3 is 17.7 Å². The Morgan fingerprint density at radius 2 is 1.82 bits per heavy atom. The number of anilines is 1. The van der Waals surface area contributed by atoms with Gasteiger partial charge in [0.1, 0.15) is 18.2 Å². The minimum absolute atomic E-state index is 0.0307. The Morgan fingerprint density at radius 3 is 2.42 bits per heavy atom. The fourth-order valence-electron chi connectivity index (χ4n) is 4.33. The van der Waals surface area contributed by atoms with Crippen LogP contribution in [0.1, 0.15) is 25.3 Å². The van der Waals surface area contributed by atoms with Crippen molar-refractivity contribution in [2.24, 2.45) is 11.8 Å². The topological polar surface area (TPSA) is 181 Å². The minimum Gasteiger partial charge on any atom is -0.460 e. The summed E-state index contributed by atoms with van der Waals surface area (Å²) in [6.07, 6.45) is 0.122. The number of carbonyl (C=O) groups is 3. The van der Waals surface area contributed by atoms with Gasteiger partial charge in [-0.1, -0.05) is 42.5 Å². The summed E-state index contributed by atoms with van der Waals surface area (Å²) in [5, 5.41) is 33.1. The molecule has 2 aliphatic heterocycles. The highest BCUT2D eigenvalue weighted by Crippen LogP contribution is 2.46. The van der Waals surface area contributed by atoms with Crippen molar-refractivity contribution in [2.45, 2.75) is 37.9 Å². The average Bonchev–Trinajstić information content (AvgIpc) is 3.57.